The largest absolute Gasteiger partial charge is 0.481 e. The van der Waals surface area contributed by atoms with E-state index in [-0.39, 0.29) is 5.41 Å². The first-order valence-electron chi connectivity index (χ1n) is 6.54. The third-order valence-corrected chi connectivity index (χ3v) is 5.24. The molecule has 3 heteroatoms. The summed E-state index contributed by atoms with van der Waals surface area (Å²) in [5, 5.41) is 9.70. The maximum atomic E-state index is 11.8. The SMILES string of the molecule is O=C(O)C1(C2CCOCC2)CC2CCC1C2. The van der Waals surface area contributed by atoms with Crippen molar-refractivity contribution in [2.24, 2.45) is 23.2 Å². The van der Waals surface area contributed by atoms with Gasteiger partial charge in [-0.3, -0.25) is 4.79 Å². The first-order valence-corrected chi connectivity index (χ1v) is 6.54. The summed E-state index contributed by atoms with van der Waals surface area (Å²) in [4.78, 5) is 11.8. The van der Waals surface area contributed by atoms with Gasteiger partial charge >= 0.3 is 5.97 Å². The minimum absolute atomic E-state index is 0.369. The van der Waals surface area contributed by atoms with Crippen LogP contribution in [-0.4, -0.2) is 24.3 Å². The summed E-state index contributed by atoms with van der Waals surface area (Å²) in [6.07, 6.45) is 6.43. The van der Waals surface area contributed by atoms with Crippen molar-refractivity contribution in [3.63, 3.8) is 0 Å². The standard InChI is InChI=1S/C13H20O3/c14-12(15)13(10-3-5-16-6-4-10)8-9-1-2-11(13)7-9/h9-11H,1-8H2,(H,14,15). The predicted molar refractivity (Wildman–Crippen MR) is 59.1 cm³/mol. The number of ether oxygens (including phenoxy) is 1. The highest BCUT2D eigenvalue weighted by atomic mass is 16.5. The molecule has 90 valence electrons. The second-order valence-electron chi connectivity index (χ2n) is 5.81. The Morgan fingerprint density at radius 1 is 1.12 bits per heavy atom. The lowest BCUT2D eigenvalue weighted by molar-refractivity contribution is -0.160. The molecule has 2 saturated carbocycles. The molecule has 3 rings (SSSR count). The Labute approximate surface area is 96.2 Å². The number of rotatable bonds is 2. The highest BCUT2D eigenvalue weighted by molar-refractivity contribution is 5.76. The zero-order valence-corrected chi connectivity index (χ0v) is 9.65. The van der Waals surface area contributed by atoms with Crippen molar-refractivity contribution < 1.29 is 14.6 Å². The van der Waals surface area contributed by atoms with Crippen LogP contribution in [0.3, 0.4) is 0 Å². The van der Waals surface area contributed by atoms with Gasteiger partial charge < -0.3 is 9.84 Å². The molecule has 3 fully saturated rings. The van der Waals surface area contributed by atoms with Gasteiger partial charge in [0.15, 0.2) is 0 Å². The highest BCUT2D eigenvalue weighted by Crippen LogP contribution is 2.61. The molecule has 2 bridgehead atoms. The van der Waals surface area contributed by atoms with Crippen LogP contribution in [0.2, 0.25) is 0 Å². The van der Waals surface area contributed by atoms with Crippen LogP contribution in [0, 0.1) is 23.2 Å². The first-order chi connectivity index (χ1) is 7.73. The summed E-state index contributed by atoms with van der Waals surface area (Å²) < 4.78 is 5.37. The molecular weight excluding hydrogens is 204 g/mol. The number of hydrogen-bond donors (Lipinski definition) is 1. The van der Waals surface area contributed by atoms with Crippen LogP contribution in [0.1, 0.15) is 38.5 Å². The van der Waals surface area contributed by atoms with Crippen molar-refractivity contribution in [3.05, 3.63) is 0 Å². The Morgan fingerprint density at radius 3 is 2.38 bits per heavy atom. The molecule has 1 saturated heterocycles. The Hall–Kier alpha value is -0.570. The lowest BCUT2D eigenvalue weighted by atomic mass is 9.62. The monoisotopic (exact) mass is 224 g/mol. The summed E-state index contributed by atoms with van der Waals surface area (Å²) in [5.41, 5.74) is -0.382. The van der Waals surface area contributed by atoms with Gasteiger partial charge in [0.2, 0.25) is 0 Å². The lowest BCUT2D eigenvalue weighted by Gasteiger charge is -2.42. The second-order valence-corrected chi connectivity index (χ2v) is 5.81. The molecule has 3 unspecified atom stereocenters. The van der Waals surface area contributed by atoms with E-state index in [0.29, 0.717) is 17.8 Å². The van der Waals surface area contributed by atoms with E-state index in [0.717, 1.165) is 38.9 Å². The van der Waals surface area contributed by atoms with E-state index < -0.39 is 5.97 Å². The summed E-state index contributed by atoms with van der Waals surface area (Å²) in [5.74, 6) is 1.00. The van der Waals surface area contributed by atoms with Crippen molar-refractivity contribution in [1.82, 2.24) is 0 Å². The summed E-state index contributed by atoms with van der Waals surface area (Å²) in [6, 6.07) is 0. The van der Waals surface area contributed by atoms with Gasteiger partial charge in [0, 0.05) is 13.2 Å². The van der Waals surface area contributed by atoms with Crippen LogP contribution >= 0.6 is 0 Å². The number of aliphatic carboxylic acids is 1. The zero-order valence-electron chi connectivity index (χ0n) is 9.65. The van der Waals surface area contributed by atoms with E-state index in [1.165, 1.54) is 12.8 Å². The Kier molecular flexibility index (Phi) is 2.46. The highest BCUT2D eigenvalue weighted by Gasteiger charge is 2.59. The Balaban J connectivity index is 1.88. The number of carbonyl (C=O) groups is 1. The van der Waals surface area contributed by atoms with E-state index in [1.807, 2.05) is 0 Å². The van der Waals surface area contributed by atoms with Gasteiger partial charge in [0.1, 0.15) is 0 Å². The van der Waals surface area contributed by atoms with E-state index in [1.54, 1.807) is 0 Å². The van der Waals surface area contributed by atoms with Gasteiger partial charge in [-0.1, -0.05) is 6.42 Å². The maximum absolute atomic E-state index is 11.8. The normalized spacial score (nSPS) is 43.8. The Bertz CT molecular complexity index is 296. The van der Waals surface area contributed by atoms with Crippen LogP contribution in [-0.2, 0) is 9.53 Å². The van der Waals surface area contributed by atoms with Crippen molar-refractivity contribution in [1.29, 1.82) is 0 Å². The van der Waals surface area contributed by atoms with Gasteiger partial charge in [-0.25, -0.2) is 0 Å². The molecular formula is C13H20O3. The first kappa shape index (κ1) is 10.6. The van der Waals surface area contributed by atoms with Gasteiger partial charge in [-0.05, 0) is 49.9 Å². The molecule has 0 aromatic heterocycles. The smallest absolute Gasteiger partial charge is 0.310 e. The number of hydrogen-bond acceptors (Lipinski definition) is 2. The molecule has 0 spiro atoms. The van der Waals surface area contributed by atoms with Crippen LogP contribution in [0.25, 0.3) is 0 Å². The third kappa shape index (κ3) is 1.33. The third-order valence-electron chi connectivity index (χ3n) is 5.24. The van der Waals surface area contributed by atoms with Gasteiger partial charge in [0.25, 0.3) is 0 Å². The van der Waals surface area contributed by atoms with E-state index in [4.69, 9.17) is 4.74 Å². The fraction of sp³-hybridized carbons (Fsp3) is 0.923. The van der Waals surface area contributed by atoms with Crippen LogP contribution in [0.5, 0.6) is 0 Å². The molecule has 0 radical (unpaired) electrons. The molecule has 3 atom stereocenters. The van der Waals surface area contributed by atoms with Crippen LogP contribution in [0.15, 0.2) is 0 Å². The molecule has 0 aromatic carbocycles. The fourth-order valence-electron chi connectivity index (χ4n) is 4.52. The molecule has 2 aliphatic carbocycles. The average Bonchev–Trinajstić information content (AvgIpc) is 2.90. The molecule has 1 aliphatic heterocycles. The minimum Gasteiger partial charge on any atom is -0.481 e. The van der Waals surface area contributed by atoms with Crippen LogP contribution in [0.4, 0.5) is 0 Å². The quantitative estimate of drug-likeness (QED) is 0.783. The fourth-order valence-corrected chi connectivity index (χ4v) is 4.52. The zero-order chi connectivity index (χ0) is 11.2. The molecule has 16 heavy (non-hydrogen) atoms. The van der Waals surface area contributed by atoms with Crippen LogP contribution < -0.4 is 0 Å². The lowest BCUT2D eigenvalue weighted by Crippen LogP contribution is -2.45. The Morgan fingerprint density at radius 2 is 1.88 bits per heavy atom. The summed E-state index contributed by atoms with van der Waals surface area (Å²) >= 11 is 0. The molecule has 3 nitrogen and oxygen atoms in total. The van der Waals surface area contributed by atoms with Gasteiger partial charge in [0.05, 0.1) is 5.41 Å². The van der Waals surface area contributed by atoms with Crippen molar-refractivity contribution in [3.8, 4) is 0 Å². The predicted octanol–water partition coefficient (Wildman–Crippen LogP) is 2.30. The topological polar surface area (TPSA) is 46.5 Å². The van der Waals surface area contributed by atoms with E-state index >= 15 is 0 Å². The molecule has 0 aromatic rings. The van der Waals surface area contributed by atoms with E-state index in [9.17, 15) is 9.90 Å². The summed E-state index contributed by atoms with van der Waals surface area (Å²) in [6.45, 7) is 1.52. The molecule has 1 N–H and O–H groups in total. The molecule has 3 aliphatic rings. The number of fused-ring (bicyclic) bond motifs is 2. The van der Waals surface area contributed by atoms with Crippen molar-refractivity contribution >= 4 is 5.97 Å². The van der Waals surface area contributed by atoms with E-state index in [2.05, 4.69) is 0 Å². The van der Waals surface area contributed by atoms with Crippen molar-refractivity contribution in [2.45, 2.75) is 38.5 Å². The average molecular weight is 224 g/mol. The van der Waals surface area contributed by atoms with Gasteiger partial charge in [-0.15, -0.1) is 0 Å². The summed E-state index contributed by atoms with van der Waals surface area (Å²) in [7, 11) is 0. The number of carboxylic acids is 1. The van der Waals surface area contributed by atoms with Crippen molar-refractivity contribution in [2.75, 3.05) is 13.2 Å². The second kappa shape index (κ2) is 3.73. The maximum Gasteiger partial charge on any atom is 0.310 e. The molecule has 0 amide bonds. The van der Waals surface area contributed by atoms with Gasteiger partial charge in [-0.2, -0.15) is 0 Å². The number of carboxylic acid groups (broad SMARTS) is 1. The molecule has 1 heterocycles. The minimum atomic E-state index is -0.522.